The molecule has 0 aliphatic rings. The van der Waals surface area contributed by atoms with Crippen LogP contribution in [0.5, 0.6) is 11.5 Å². The predicted octanol–water partition coefficient (Wildman–Crippen LogP) is 3.70. The Morgan fingerprint density at radius 3 is 2.33 bits per heavy atom. The number of hydrogen-bond acceptors (Lipinski definition) is 4. The molecule has 0 heterocycles. The Morgan fingerprint density at radius 2 is 1.70 bits per heavy atom. The van der Waals surface area contributed by atoms with Crippen LogP contribution in [0.15, 0.2) is 36.4 Å². The van der Waals surface area contributed by atoms with Crippen molar-refractivity contribution >= 4 is 23.2 Å². The van der Waals surface area contributed by atoms with Gasteiger partial charge in [0.2, 0.25) is 11.8 Å². The molecule has 2 amide bonds. The number of carbonyl (C=O) groups is 2. The first kappa shape index (κ1) is 20.3. The molecule has 2 aromatic carbocycles. The fraction of sp³-hybridized carbons (Fsp3) is 0.333. The number of carbonyl (C=O) groups excluding carboxylic acids is 2. The molecule has 0 unspecified atom stereocenters. The number of nitrogens with one attached hydrogen (secondary N) is 1. The second kappa shape index (κ2) is 9.07. The van der Waals surface area contributed by atoms with E-state index in [0.29, 0.717) is 17.2 Å². The molecule has 0 fully saturated rings. The fourth-order valence-corrected chi connectivity index (χ4v) is 2.76. The molecule has 0 spiro atoms. The van der Waals surface area contributed by atoms with E-state index in [-0.39, 0.29) is 24.8 Å². The van der Waals surface area contributed by atoms with Crippen molar-refractivity contribution in [3.8, 4) is 11.5 Å². The Kier molecular flexibility index (Phi) is 6.82. The van der Waals surface area contributed by atoms with Crippen molar-refractivity contribution in [2.45, 2.75) is 27.2 Å². The average Bonchev–Trinajstić information content (AvgIpc) is 2.64. The Balaban J connectivity index is 2.09. The van der Waals surface area contributed by atoms with E-state index in [1.807, 2.05) is 32.0 Å². The van der Waals surface area contributed by atoms with E-state index in [9.17, 15) is 9.59 Å². The summed E-state index contributed by atoms with van der Waals surface area (Å²) < 4.78 is 10.5. The van der Waals surface area contributed by atoms with E-state index in [0.717, 1.165) is 16.8 Å². The van der Waals surface area contributed by atoms with E-state index in [2.05, 4.69) is 5.32 Å². The smallest absolute Gasteiger partial charge is 0.226 e. The molecular formula is C21H26N2O4. The van der Waals surface area contributed by atoms with Gasteiger partial charge in [-0.05, 0) is 43.2 Å². The largest absolute Gasteiger partial charge is 0.493 e. The van der Waals surface area contributed by atoms with E-state index in [1.54, 1.807) is 30.2 Å². The lowest BCUT2D eigenvalue weighted by Crippen LogP contribution is -2.32. The minimum absolute atomic E-state index is 0.143. The van der Waals surface area contributed by atoms with Gasteiger partial charge in [0.1, 0.15) is 0 Å². The molecule has 0 atom stereocenters. The van der Waals surface area contributed by atoms with Crippen molar-refractivity contribution in [3.05, 3.63) is 47.5 Å². The van der Waals surface area contributed by atoms with Gasteiger partial charge in [0, 0.05) is 37.3 Å². The van der Waals surface area contributed by atoms with Gasteiger partial charge in [-0.25, -0.2) is 0 Å². The van der Waals surface area contributed by atoms with Crippen molar-refractivity contribution in [2.24, 2.45) is 0 Å². The highest BCUT2D eigenvalue weighted by atomic mass is 16.5. The zero-order valence-electron chi connectivity index (χ0n) is 16.5. The zero-order chi connectivity index (χ0) is 20.0. The van der Waals surface area contributed by atoms with Gasteiger partial charge in [0.15, 0.2) is 11.5 Å². The first-order chi connectivity index (χ1) is 12.8. The van der Waals surface area contributed by atoms with Crippen LogP contribution in [0.4, 0.5) is 11.4 Å². The molecule has 27 heavy (non-hydrogen) atoms. The Morgan fingerprint density at radius 1 is 1.00 bits per heavy atom. The van der Waals surface area contributed by atoms with E-state index in [4.69, 9.17) is 9.47 Å². The van der Waals surface area contributed by atoms with Gasteiger partial charge in [0.05, 0.1) is 14.2 Å². The minimum atomic E-state index is -0.151. The normalized spacial score (nSPS) is 10.3. The highest BCUT2D eigenvalue weighted by Gasteiger charge is 2.16. The Hall–Kier alpha value is -3.02. The van der Waals surface area contributed by atoms with Gasteiger partial charge in [-0.15, -0.1) is 0 Å². The number of methoxy groups -OCH3 is 2. The van der Waals surface area contributed by atoms with Gasteiger partial charge >= 0.3 is 0 Å². The van der Waals surface area contributed by atoms with Crippen LogP contribution in [-0.4, -0.2) is 32.6 Å². The summed E-state index contributed by atoms with van der Waals surface area (Å²) in [7, 11) is 3.09. The van der Waals surface area contributed by atoms with Crippen LogP contribution in [0.3, 0.4) is 0 Å². The SMILES string of the molecule is COc1ccc(N(CCC(=O)Nc2cc(C)ccc2C)C(C)=O)cc1OC. The molecule has 144 valence electrons. The second-order valence-electron chi connectivity index (χ2n) is 6.33. The highest BCUT2D eigenvalue weighted by molar-refractivity contribution is 5.95. The molecule has 0 aliphatic carbocycles. The third-order valence-corrected chi connectivity index (χ3v) is 4.29. The topological polar surface area (TPSA) is 67.9 Å². The summed E-state index contributed by atoms with van der Waals surface area (Å²) in [5.41, 5.74) is 3.52. The van der Waals surface area contributed by atoms with Crippen LogP contribution < -0.4 is 19.7 Å². The number of hydrogen-bond donors (Lipinski definition) is 1. The second-order valence-corrected chi connectivity index (χ2v) is 6.33. The summed E-state index contributed by atoms with van der Waals surface area (Å²) in [6.07, 6.45) is 0.182. The molecule has 0 radical (unpaired) electrons. The van der Waals surface area contributed by atoms with Crippen LogP contribution in [0.25, 0.3) is 0 Å². The molecule has 6 heteroatoms. The number of aryl methyl sites for hydroxylation is 2. The van der Waals surface area contributed by atoms with E-state index < -0.39 is 0 Å². The van der Waals surface area contributed by atoms with Crippen LogP contribution in [0.2, 0.25) is 0 Å². The Labute approximate surface area is 160 Å². The molecule has 2 rings (SSSR count). The molecule has 2 aromatic rings. The summed E-state index contributed by atoms with van der Waals surface area (Å²) in [5.74, 6) is 0.815. The number of ether oxygens (including phenoxy) is 2. The van der Waals surface area contributed by atoms with Crippen molar-refractivity contribution < 1.29 is 19.1 Å². The molecule has 1 N–H and O–H groups in total. The summed E-state index contributed by atoms with van der Waals surface area (Å²) in [6, 6.07) is 11.1. The van der Waals surface area contributed by atoms with Crippen LogP contribution in [-0.2, 0) is 9.59 Å². The van der Waals surface area contributed by atoms with Gasteiger partial charge in [-0.3, -0.25) is 9.59 Å². The lowest BCUT2D eigenvalue weighted by Gasteiger charge is -2.22. The average molecular weight is 370 g/mol. The number of nitrogens with zero attached hydrogens (tertiary/aromatic N) is 1. The maximum absolute atomic E-state index is 12.4. The number of amides is 2. The van der Waals surface area contributed by atoms with Crippen molar-refractivity contribution in [2.75, 3.05) is 31.0 Å². The van der Waals surface area contributed by atoms with E-state index in [1.165, 1.54) is 14.0 Å². The highest BCUT2D eigenvalue weighted by Crippen LogP contribution is 2.31. The first-order valence-corrected chi connectivity index (χ1v) is 8.73. The summed E-state index contributed by atoms with van der Waals surface area (Å²) in [6.45, 7) is 5.66. The number of rotatable bonds is 7. The van der Waals surface area contributed by atoms with Crippen molar-refractivity contribution in [3.63, 3.8) is 0 Å². The maximum atomic E-state index is 12.4. The monoisotopic (exact) mass is 370 g/mol. The molecule has 0 bridgehead atoms. The predicted molar refractivity (Wildman–Crippen MR) is 107 cm³/mol. The zero-order valence-corrected chi connectivity index (χ0v) is 16.5. The molecule has 6 nitrogen and oxygen atoms in total. The van der Waals surface area contributed by atoms with Crippen LogP contribution >= 0.6 is 0 Å². The molecule has 0 aliphatic heterocycles. The summed E-state index contributed by atoms with van der Waals surface area (Å²) in [5, 5.41) is 2.92. The van der Waals surface area contributed by atoms with Crippen LogP contribution in [0, 0.1) is 13.8 Å². The van der Waals surface area contributed by atoms with Crippen molar-refractivity contribution in [1.82, 2.24) is 0 Å². The number of benzene rings is 2. The Bertz CT molecular complexity index is 833. The number of anilines is 2. The summed E-state index contributed by atoms with van der Waals surface area (Å²) >= 11 is 0. The van der Waals surface area contributed by atoms with Crippen molar-refractivity contribution in [1.29, 1.82) is 0 Å². The van der Waals surface area contributed by atoms with Crippen LogP contribution in [0.1, 0.15) is 24.5 Å². The van der Waals surface area contributed by atoms with Gasteiger partial charge in [-0.2, -0.15) is 0 Å². The van der Waals surface area contributed by atoms with E-state index >= 15 is 0 Å². The third kappa shape index (κ3) is 5.23. The lowest BCUT2D eigenvalue weighted by molar-refractivity contribution is -0.117. The molecular weight excluding hydrogens is 344 g/mol. The van der Waals surface area contributed by atoms with Gasteiger partial charge in [0.25, 0.3) is 0 Å². The first-order valence-electron chi connectivity index (χ1n) is 8.73. The standard InChI is InChI=1S/C21H26N2O4/c1-14-6-7-15(2)18(12-14)22-21(25)10-11-23(16(3)24)17-8-9-19(26-4)20(13-17)27-5/h6-9,12-13H,10-11H2,1-5H3,(H,22,25). The van der Waals surface area contributed by atoms with Gasteiger partial charge in [-0.1, -0.05) is 12.1 Å². The molecule has 0 aromatic heterocycles. The fourth-order valence-electron chi connectivity index (χ4n) is 2.76. The molecule has 0 saturated heterocycles. The van der Waals surface area contributed by atoms with Gasteiger partial charge < -0.3 is 19.7 Å². The quantitative estimate of drug-likeness (QED) is 0.807. The third-order valence-electron chi connectivity index (χ3n) is 4.29. The lowest BCUT2D eigenvalue weighted by atomic mass is 10.1. The minimum Gasteiger partial charge on any atom is -0.493 e. The molecule has 0 saturated carbocycles. The maximum Gasteiger partial charge on any atom is 0.226 e. The summed E-state index contributed by atoms with van der Waals surface area (Å²) in [4.78, 5) is 26.0.